The van der Waals surface area contributed by atoms with Crippen LogP contribution in [0.5, 0.6) is 0 Å². The zero-order valence-electron chi connectivity index (χ0n) is 21.1. The molecule has 0 spiro atoms. The molecule has 1 aromatic rings. The molecule has 8 nitrogen and oxygen atoms in total. The normalized spacial score (nSPS) is 23.2. The summed E-state index contributed by atoms with van der Waals surface area (Å²) in [6.45, 7) is 8.87. The summed E-state index contributed by atoms with van der Waals surface area (Å²) in [5, 5.41) is 0. The molecule has 0 aromatic heterocycles. The molecule has 5 rings (SSSR count). The van der Waals surface area contributed by atoms with Gasteiger partial charge in [-0.05, 0) is 69.7 Å². The van der Waals surface area contributed by atoms with E-state index in [2.05, 4.69) is 16.7 Å². The number of amides is 3. The zero-order valence-corrected chi connectivity index (χ0v) is 21.1. The van der Waals surface area contributed by atoms with E-state index in [-0.39, 0.29) is 30.3 Å². The summed E-state index contributed by atoms with van der Waals surface area (Å²) in [5.74, 6) is 0.0225. The second-order valence-corrected chi connectivity index (χ2v) is 10.4. The molecule has 0 bridgehead atoms. The van der Waals surface area contributed by atoms with Gasteiger partial charge in [-0.1, -0.05) is 6.92 Å². The van der Waals surface area contributed by atoms with Crippen molar-refractivity contribution >= 4 is 29.1 Å². The van der Waals surface area contributed by atoms with E-state index in [1.165, 1.54) is 6.42 Å². The van der Waals surface area contributed by atoms with E-state index in [9.17, 15) is 14.4 Å². The molecular formula is C27H39N5O3. The van der Waals surface area contributed by atoms with Crippen LogP contribution in [0.2, 0.25) is 0 Å². The number of nitrogens with zero attached hydrogens (tertiary/aromatic N) is 5. The fourth-order valence-corrected chi connectivity index (χ4v) is 6.11. The van der Waals surface area contributed by atoms with E-state index >= 15 is 0 Å². The second-order valence-electron chi connectivity index (χ2n) is 10.4. The van der Waals surface area contributed by atoms with Gasteiger partial charge in [0.1, 0.15) is 12.6 Å². The highest BCUT2D eigenvalue weighted by molar-refractivity contribution is 6.09. The Morgan fingerprint density at radius 3 is 2.34 bits per heavy atom. The van der Waals surface area contributed by atoms with Gasteiger partial charge in [-0.15, -0.1) is 0 Å². The fourth-order valence-electron chi connectivity index (χ4n) is 6.11. The fraction of sp³-hybridized carbons (Fsp3) is 0.667. The van der Waals surface area contributed by atoms with E-state index in [4.69, 9.17) is 0 Å². The third-order valence-corrected chi connectivity index (χ3v) is 8.08. The molecule has 0 saturated carbocycles. The first-order chi connectivity index (χ1) is 17.1. The Balaban J connectivity index is 1.39. The van der Waals surface area contributed by atoms with Gasteiger partial charge in [0.15, 0.2) is 0 Å². The van der Waals surface area contributed by atoms with Gasteiger partial charge in [0.25, 0.3) is 5.91 Å². The van der Waals surface area contributed by atoms with Gasteiger partial charge in [0, 0.05) is 51.4 Å². The van der Waals surface area contributed by atoms with Gasteiger partial charge in [-0.25, -0.2) is 0 Å². The van der Waals surface area contributed by atoms with Gasteiger partial charge < -0.3 is 14.7 Å². The molecule has 190 valence electrons. The van der Waals surface area contributed by atoms with Crippen molar-refractivity contribution in [2.75, 3.05) is 68.7 Å². The van der Waals surface area contributed by atoms with E-state index in [0.29, 0.717) is 24.3 Å². The molecule has 0 radical (unpaired) electrons. The van der Waals surface area contributed by atoms with Crippen molar-refractivity contribution in [2.24, 2.45) is 0 Å². The molecule has 4 aliphatic heterocycles. The number of fused-ring (bicyclic) bond motifs is 3. The molecule has 35 heavy (non-hydrogen) atoms. The van der Waals surface area contributed by atoms with Crippen molar-refractivity contribution in [1.82, 2.24) is 14.7 Å². The second kappa shape index (κ2) is 10.6. The minimum absolute atomic E-state index is 0.00209. The third kappa shape index (κ3) is 4.90. The van der Waals surface area contributed by atoms with E-state index < -0.39 is 0 Å². The molecule has 4 heterocycles. The topological polar surface area (TPSA) is 67.4 Å². The smallest absolute Gasteiger partial charge is 0.253 e. The van der Waals surface area contributed by atoms with Crippen LogP contribution in [0.15, 0.2) is 18.2 Å². The predicted molar refractivity (Wildman–Crippen MR) is 137 cm³/mol. The Hall–Kier alpha value is -2.61. The summed E-state index contributed by atoms with van der Waals surface area (Å²) in [6.07, 6.45) is 7.25. The van der Waals surface area contributed by atoms with Crippen LogP contribution in [0.1, 0.15) is 62.2 Å². The quantitative estimate of drug-likeness (QED) is 0.647. The number of likely N-dealkylation sites (tertiary alicyclic amines) is 1. The molecule has 1 unspecified atom stereocenters. The van der Waals surface area contributed by atoms with Crippen molar-refractivity contribution in [3.05, 3.63) is 23.8 Å². The molecule has 3 saturated heterocycles. The summed E-state index contributed by atoms with van der Waals surface area (Å²) >= 11 is 0. The van der Waals surface area contributed by atoms with Crippen LogP contribution in [-0.4, -0.2) is 97.4 Å². The lowest BCUT2D eigenvalue weighted by molar-refractivity contribution is -0.133. The number of anilines is 2. The molecule has 1 aromatic carbocycles. The highest BCUT2D eigenvalue weighted by Crippen LogP contribution is 2.40. The Bertz CT molecular complexity index is 952. The monoisotopic (exact) mass is 481 g/mol. The third-order valence-electron chi connectivity index (χ3n) is 8.08. The summed E-state index contributed by atoms with van der Waals surface area (Å²) in [4.78, 5) is 50.3. The maximum Gasteiger partial charge on any atom is 0.253 e. The molecule has 0 aliphatic carbocycles. The standard InChI is InChI=1S/C27H39N5O3/c1-2-11-28-15-17-29(18-16-28)25(33)20-32-24-19-21(26(34)30-12-5-3-6-13-30)9-10-22(24)31-14-7-4-8-23(31)27(32)35/h9-10,19,23H,2-8,11-18,20H2,1H3. The van der Waals surface area contributed by atoms with Crippen molar-refractivity contribution in [2.45, 2.75) is 57.9 Å². The lowest BCUT2D eigenvalue weighted by Gasteiger charge is -2.45. The Morgan fingerprint density at radius 1 is 0.857 bits per heavy atom. The van der Waals surface area contributed by atoms with Crippen LogP contribution in [0.25, 0.3) is 0 Å². The Morgan fingerprint density at radius 2 is 1.60 bits per heavy atom. The van der Waals surface area contributed by atoms with Crippen LogP contribution in [0.4, 0.5) is 11.4 Å². The number of rotatable bonds is 5. The van der Waals surface area contributed by atoms with Crippen molar-refractivity contribution in [1.29, 1.82) is 0 Å². The van der Waals surface area contributed by atoms with E-state index in [1.54, 1.807) is 4.90 Å². The lowest BCUT2D eigenvalue weighted by Crippen LogP contribution is -2.58. The van der Waals surface area contributed by atoms with Crippen molar-refractivity contribution in [3.8, 4) is 0 Å². The van der Waals surface area contributed by atoms with Crippen LogP contribution in [0.3, 0.4) is 0 Å². The van der Waals surface area contributed by atoms with Crippen molar-refractivity contribution in [3.63, 3.8) is 0 Å². The minimum Gasteiger partial charge on any atom is -0.358 e. The molecule has 3 amide bonds. The molecule has 4 aliphatic rings. The molecule has 1 atom stereocenters. The maximum absolute atomic E-state index is 13.7. The zero-order chi connectivity index (χ0) is 24.4. The van der Waals surface area contributed by atoms with Gasteiger partial charge >= 0.3 is 0 Å². The highest BCUT2D eigenvalue weighted by Gasteiger charge is 2.41. The number of benzene rings is 1. The molecular weight excluding hydrogens is 442 g/mol. The van der Waals surface area contributed by atoms with Gasteiger partial charge in [-0.2, -0.15) is 0 Å². The summed E-state index contributed by atoms with van der Waals surface area (Å²) in [5.41, 5.74) is 2.30. The number of piperazine rings is 1. The van der Waals surface area contributed by atoms with Crippen LogP contribution in [0, 0.1) is 0 Å². The lowest BCUT2D eigenvalue weighted by atomic mass is 9.95. The maximum atomic E-state index is 13.7. The first-order valence-electron chi connectivity index (χ1n) is 13.6. The molecule has 3 fully saturated rings. The number of hydrogen-bond donors (Lipinski definition) is 0. The van der Waals surface area contributed by atoms with Gasteiger partial charge in [-0.3, -0.25) is 24.2 Å². The largest absolute Gasteiger partial charge is 0.358 e. The van der Waals surface area contributed by atoms with Gasteiger partial charge in [0.2, 0.25) is 11.8 Å². The van der Waals surface area contributed by atoms with E-state index in [0.717, 1.165) is 83.5 Å². The van der Waals surface area contributed by atoms with Crippen LogP contribution >= 0.6 is 0 Å². The summed E-state index contributed by atoms with van der Waals surface area (Å²) < 4.78 is 0. The predicted octanol–water partition coefficient (Wildman–Crippen LogP) is 2.57. The average Bonchev–Trinajstić information content (AvgIpc) is 2.91. The van der Waals surface area contributed by atoms with E-state index in [1.807, 2.05) is 28.0 Å². The van der Waals surface area contributed by atoms with Crippen LogP contribution in [-0.2, 0) is 9.59 Å². The number of carbonyl (C=O) groups excluding carboxylic acids is 3. The molecule has 0 N–H and O–H groups in total. The number of hydrogen-bond acceptors (Lipinski definition) is 5. The Labute approximate surface area is 208 Å². The van der Waals surface area contributed by atoms with Crippen molar-refractivity contribution < 1.29 is 14.4 Å². The summed E-state index contributed by atoms with van der Waals surface area (Å²) in [6, 6.07) is 5.55. The number of carbonyl (C=O) groups is 3. The SMILES string of the molecule is CCCN1CCN(C(=O)CN2C(=O)C3CCCCN3c3ccc(C(=O)N4CCCCC4)cc32)CC1. The minimum atomic E-state index is -0.214. The summed E-state index contributed by atoms with van der Waals surface area (Å²) in [7, 11) is 0. The van der Waals surface area contributed by atoms with Crippen LogP contribution < -0.4 is 9.80 Å². The Kier molecular flexibility index (Phi) is 7.27. The first-order valence-corrected chi connectivity index (χ1v) is 13.6. The van der Waals surface area contributed by atoms with Gasteiger partial charge in [0.05, 0.1) is 11.4 Å². The number of piperidine rings is 2. The first kappa shape index (κ1) is 24.1. The average molecular weight is 482 g/mol. The highest BCUT2D eigenvalue weighted by atomic mass is 16.2. The molecule has 8 heteroatoms.